The van der Waals surface area contributed by atoms with Gasteiger partial charge in [0.15, 0.2) is 6.10 Å². The van der Waals surface area contributed by atoms with E-state index in [9.17, 15) is 9.59 Å². The van der Waals surface area contributed by atoms with E-state index in [2.05, 4.69) is 5.32 Å². The molecule has 1 aromatic carbocycles. The van der Waals surface area contributed by atoms with Crippen LogP contribution in [0.15, 0.2) is 18.2 Å². The first-order valence-electron chi connectivity index (χ1n) is 7.23. The molecule has 5 nitrogen and oxygen atoms in total. The minimum absolute atomic E-state index is 0.0622. The first kappa shape index (κ1) is 17.0. The lowest BCUT2D eigenvalue weighted by Gasteiger charge is -2.18. The van der Waals surface area contributed by atoms with Gasteiger partial charge in [0.25, 0.3) is 5.91 Å². The monoisotopic (exact) mass is 292 g/mol. The van der Waals surface area contributed by atoms with Gasteiger partial charge in [-0.2, -0.15) is 0 Å². The minimum atomic E-state index is -0.851. The summed E-state index contributed by atoms with van der Waals surface area (Å²) in [7, 11) is 0. The van der Waals surface area contributed by atoms with Gasteiger partial charge in [-0.25, -0.2) is 4.79 Å². The fourth-order valence-corrected chi connectivity index (χ4v) is 2.11. The molecule has 1 rings (SSSR count). The van der Waals surface area contributed by atoms with E-state index in [0.29, 0.717) is 11.3 Å². The lowest BCUT2D eigenvalue weighted by molar-refractivity contribution is -0.129. The molecule has 116 valence electrons. The number of hydrogen-bond acceptors (Lipinski definition) is 4. The number of carbonyl (C=O) groups excluding carboxylic acids is 2. The zero-order chi connectivity index (χ0) is 16.0. The molecule has 0 aromatic heterocycles. The molecule has 0 spiro atoms. The Balaban J connectivity index is 2.68. The van der Waals surface area contributed by atoms with Crippen molar-refractivity contribution in [3.05, 3.63) is 29.3 Å². The van der Waals surface area contributed by atoms with Crippen molar-refractivity contribution in [1.29, 1.82) is 0 Å². The number of rotatable bonds is 6. The molecule has 0 heterocycles. The second-order valence-electron chi connectivity index (χ2n) is 5.28. The van der Waals surface area contributed by atoms with E-state index in [4.69, 9.17) is 10.5 Å². The Morgan fingerprint density at radius 1 is 1.33 bits per heavy atom. The van der Waals surface area contributed by atoms with Crippen LogP contribution < -0.4 is 11.1 Å². The molecular weight excluding hydrogens is 268 g/mol. The van der Waals surface area contributed by atoms with Crippen LogP contribution >= 0.6 is 0 Å². The maximum absolute atomic E-state index is 12.1. The molecule has 0 saturated carbocycles. The van der Waals surface area contributed by atoms with Crippen molar-refractivity contribution in [2.75, 3.05) is 5.73 Å². The van der Waals surface area contributed by atoms with Gasteiger partial charge in [0.05, 0.1) is 5.56 Å². The topological polar surface area (TPSA) is 81.4 Å². The Morgan fingerprint density at radius 2 is 2.00 bits per heavy atom. The molecule has 2 atom stereocenters. The van der Waals surface area contributed by atoms with Crippen LogP contribution in [0.25, 0.3) is 0 Å². The number of carbonyl (C=O) groups is 2. The van der Waals surface area contributed by atoms with E-state index < -0.39 is 12.1 Å². The summed E-state index contributed by atoms with van der Waals surface area (Å²) in [6.45, 7) is 7.31. The molecule has 5 heteroatoms. The lowest BCUT2D eigenvalue weighted by atomic mass is 10.1. The highest BCUT2D eigenvalue weighted by Crippen LogP contribution is 2.18. The Bertz CT molecular complexity index is 494. The summed E-state index contributed by atoms with van der Waals surface area (Å²) in [5, 5.41) is 2.82. The van der Waals surface area contributed by atoms with Gasteiger partial charge in [-0.3, -0.25) is 4.79 Å². The van der Waals surface area contributed by atoms with Gasteiger partial charge in [-0.1, -0.05) is 25.5 Å². The Morgan fingerprint density at radius 3 is 2.57 bits per heavy atom. The number of aryl methyl sites for hydroxylation is 1. The number of nitrogens with two attached hydrogens (primary N) is 1. The number of nitrogen functional groups attached to an aromatic ring is 1. The molecule has 21 heavy (non-hydrogen) atoms. The number of hydrogen-bond donors (Lipinski definition) is 2. The average Bonchev–Trinajstić information content (AvgIpc) is 2.38. The van der Waals surface area contributed by atoms with Gasteiger partial charge >= 0.3 is 5.97 Å². The summed E-state index contributed by atoms with van der Waals surface area (Å²) in [6.07, 6.45) is 1.02. The zero-order valence-corrected chi connectivity index (χ0v) is 13.1. The van der Waals surface area contributed by atoms with Crippen LogP contribution in [-0.4, -0.2) is 24.0 Å². The maximum atomic E-state index is 12.1. The van der Waals surface area contributed by atoms with Crippen molar-refractivity contribution < 1.29 is 14.3 Å². The summed E-state index contributed by atoms with van der Waals surface area (Å²) < 4.78 is 5.21. The molecular formula is C16H24N2O3. The zero-order valence-electron chi connectivity index (χ0n) is 13.1. The van der Waals surface area contributed by atoms with Gasteiger partial charge in [0.1, 0.15) is 0 Å². The second kappa shape index (κ2) is 7.67. The van der Waals surface area contributed by atoms with E-state index in [1.54, 1.807) is 32.0 Å². The van der Waals surface area contributed by atoms with Crippen LogP contribution in [0.1, 0.15) is 49.5 Å². The van der Waals surface area contributed by atoms with Crippen LogP contribution in [0.5, 0.6) is 0 Å². The highest BCUT2D eigenvalue weighted by Gasteiger charge is 2.22. The molecule has 0 fully saturated rings. The van der Waals surface area contributed by atoms with Crippen molar-refractivity contribution in [2.45, 2.75) is 52.7 Å². The number of amides is 1. The summed E-state index contributed by atoms with van der Waals surface area (Å²) in [4.78, 5) is 24.1. The van der Waals surface area contributed by atoms with E-state index in [1.807, 2.05) is 13.8 Å². The number of benzene rings is 1. The van der Waals surface area contributed by atoms with Crippen molar-refractivity contribution in [3.8, 4) is 0 Å². The van der Waals surface area contributed by atoms with E-state index in [1.165, 1.54) is 0 Å². The molecule has 3 N–H and O–H groups in total. The fraction of sp³-hybridized carbons (Fsp3) is 0.500. The van der Waals surface area contributed by atoms with Crippen molar-refractivity contribution >= 4 is 17.6 Å². The van der Waals surface area contributed by atoms with E-state index in [0.717, 1.165) is 18.4 Å². The third-order valence-electron chi connectivity index (χ3n) is 3.27. The average molecular weight is 292 g/mol. The van der Waals surface area contributed by atoms with Crippen LogP contribution in [0.3, 0.4) is 0 Å². The first-order chi connectivity index (χ1) is 9.86. The maximum Gasteiger partial charge on any atom is 0.341 e. The molecule has 0 saturated heterocycles. The fourth-order valence-electron chi connectivity index (χ4n) is 2.11. The summed E-state index contributed by atoms with van der Waals surface area (Å²) in [6, 6.07) is 5.25. The molecule has 0 radical (unpaired) electrons. The first-order valence-corrected chi connectivity index (χ1v) is 7.23. The van der Waals surface area contributed by atoms with Crippen molar-refractivity contribution in [3.63, 3.8) is 0 Å². The number of esters is 1. The molecule has 0 aliphatic heterocycles. The number of nitrogens with one attached hydrogen (secondary N) is 1. The number of anilines is 1. The highest BCUT2D eigenvalue weighted by molar-refractivity contribution is 5.98. The van der Waals surface area contributed by atoms with Crippen molar-refractivity contribution in [1.82, 2.24) is 5.32 Å². The van der Waals surface area contributed by atoms with Gasteiger partial charge < -0.3 is 15.8 Å². The van der Waals surface area contributed by atoms with Gasteiger partial charge in [0.2, 0.25) is 0 Å². The normalized spacial score (nSPS) is 13.3. The molecule has 0 aliphatic rings. The second-order valence-corrected chi connectivity index (χ2v) is 5.28. The summed E-state index contributed by atoms with van der Waals surface area (Å²) in [5.41, 5.74) is 7.19. The third kappa shape index (κ3) is 4.77. The largest absolute Gasteiger partial charge is 0.449 e. The Labute approximate surface area is 125 Å². The standard InChI is InChI=1S/C16H24N2O3/c1-5-7-11(3)18-15(19)12(4)21-16(20)14-10(2)8-6-9-13(14)17/h6,8-9,11-12H,5,7,17H2,1-4H3,(H,18,19). The molecule has 1 aromatic rings. The highest BCUT2D eigenvalue weighted by atomic mass is 16.5. The summed E-state index contributed by atoms with van der Waals surface area (Å²) >= 11 is 0. The predicted molar refractivity (Wildman–Crippen MR) is 83.0 cm³/mol. The minimum Gasteiger partial charge on any atom is -0.449 e. The molecule has 2 unspecified atom stereocenters. The number of ether oxygens (including phenoxy) is 1. The van der Waals surface area contributed by atoms with Crippen LogP contribution in [-0.2, 0) is 9.53 Å². The lowest BCUT2D eigenvalue weighted by Crippen LogP contribution is -2.40. The van der Waals surface area contributed by atoms with Gasteiger partial charge in [-0.05, 0) is 38.8 Å². The van der Waals surface area contributed by atoms with Crippen LogP contribution in [0, 0.1) is 6.92 Å². The Kier molecular flexibility index (Phi) is 6.21. The predicted octanol–water partition coefficient (Wildman–Crippen LogP) is 2.43. The van der Waals surface area contributed by atoms with Crippen LogP contribution in [0.4, 0.5) is 5.69 Å². The van der Waals surface area contributed by atoms with Gasteiger partial charge in [0, 0.05) is 11.7 Å². The van der Waals surface area contributed by atoms with Crippen molar-refractivity contribution in [2.24, 2.45) is 0 Å². The molecule has 1 amide bonds. The smallest absolute Gasteiger partial charge is 0.341 e. The molecule has 0 bridgehead atoms. The van der Waals surface area contributed by atoms with E-state index in [-0.39, 0.29) is 11.9 Å². The van der Waals surface area contributed by atoms with E-state index >= 15 is 0 Å². The quantitative estimate of drug-likeness (QED) is 0.623. The third-order valence-corrected chi connectivity index (χ3v) is 3.27. The Hall–Kier alpha value is -2.04. The van der Waals surface area contributed by atoms with Gasteiger partial charge in [-0.15, -0.1) is 0 Å². The van der Waals surface area contributed by atoms with Crippen LogP contribution in [0.2, 0.25) is 0 Å². The SMILES string of the molecule is CCCC(C)NC(=O)C(C)OC(=O)c1c(C)cccc1N. The molecule has 0 aliphatic carbocycles. The summed E-state index contributed by atoms with van der Waals surface area (Å²) in [5.74, 6) is -0.868.